The monoisotopic (exact) mass is 500 g/mol. The van der Waals surface area contributed by atoms with E-state index in [1.807, 2.05) is 0 Å². The molecule has 0 aliphatic carbocycles. The van der Waals surface area contributed by atoms with Crippen molar-refractivity contribution < 1.29 is 31.1 Å². The zero-order valence-corrected chi connectivity index (χ0v) is 17.7. The first-order valence-electron chi connectivity index (χ1n) is 9.31. The predicted octanol–water partition coefficient (Wildman–Crippen LogP) is 5.14. The summed E-state index contributed by atoms with van der Waals surface area (Å²) in [4.78, 5) is 20.8. The van der Waals surface area contributed by atoms with Gasteiger partial charge in [0.05, 0.1) is 21.7 Å². The minimum Gasteiger partial charge on any atom is -0.350 e. The third-order valence-corrected chi connectivity index (χ3v) is 5.57. The Bertz CT molecular complexity index is 954. The average molecular weight is 501 g/mol. The SMILES string of the molecule is O=C(NCC(c1cnc(C(F)(F)F)nc1)N1CCC(F)(F)CC1)c1c(Cl)cc(F)cc1Cl. The molecule has 1 N–H and O–H groups in total. The summed E-state index contributed by atoms with van der Waals surface area (Å²) < 4.78 is 78.9. The van der Waals surface area contributed by atoms with Crippen molar-refractivity contribution in [3.8, 4) is 0 Å². The lowest BCUT2D eigenvalue weighted by Gasteiger charge is -2.37. The van der Waals surface area contributed by atoms with Crippen LogP contribution in [0.3, 0.4) is 0 Å². The number of nitrogens with one attached hydrogen (secondary N) is 1. The minimum absolute atomic E-state index is 0.0629. The average Bonchev–Trinajstić information content (AvgIpc) is 2.68. The van der Waals surface area contributed by atoms with Gasteiger partial charge in [-0.2, -0.15) is 13.2 Å². The van der Waals surface area contributed by atoms with Crippen molar-refractivity contribution in [3.05, 3.63) is 57.3 Å². The van der Waals surface area contributed by atoms with Crippen molar-refractivity contribution in [2.75, 3.05) is 19.6 Å². The second-order valence-electron chi connectivity index (χ2n) is 7.20. The molecular weight excluding hydrogens is 485 g/mol. The molecule has 1 fully saturated rings. The molecule has 1 aromatic carbocycles. The van der Waals surface area contributed by atoms with Gasteiger partial charge >= 0.3 is 6.18 Å². The van der Waals surface area contributed by atoms with Gasteiger partial charge in [0, 0.05) is 50.4 Å². The topological polar surface area (TPSA) is 58.1 Å². The second-order valence-corrected chi connectivity index (χ2v) is 8.01. The van der Waals surface area contributed by atoms with Gasteiger partial charge in [0.2, 0.25) is 5.82 Å². The van der Waals surface area contributed by atoms with E-state index >= 15 is 0 Å². The Balaban J connectivity index is 1.82. The van der Waals surface area contributed by atoms with E-state index in [1.165, 1.54) is 0 Å². The third kappa shape index (κ3) is 5.81. The maximum Gasteiger partial charge on any atom is 0.451 e. The Kier molecular flexibility index (Phi) is 7.21. The van der Waals surface area contributed by atoms with Crippen molar-refractivity contribution in [1.29, 1.82) is 0 Å². The summed E-state index contributed by atoms with van der Waals surface area (Å²) >= 11 is 11.8. The van der Waals surface area contributed by atoms with Gasteiger partial charge in [-0.15, -0.1) is 0 Å². The van der Waals surface area contributed by atoms with Crippen LogP contribution in [0.25, 0.3) is 0 Å². The van der Waals surface area contributed by atoms with Gasteiger partial charge in [-0.3, -0.25) is 9.69 Å². The predicted molar refractivity (Wildman–Crippen MR) is 104 cm³/mol. The summed E-state index contributed by atoms with van der Waals surface area (Å²) in [6, 6.07) is 1.00. The lowest BCUT2D eigenvalue weighted by molar-refractivity contribution is -0.145. The van der Waals surface area contributed by atoms with Gasteiger partial charge in [-0.1, -0.05) is 23.2 Å². The molecule has 1 unspecified atom stereocenters. The van der Waals surface area contributed by atoms with Crippen LogP contribution in [0, 0.1) is 5.82 Å². The smallest absolute Gasteiger partial charge is 0.350 e. The number of aromatic nitrogens is 2. The van der Waals surface area contributed by atoms with Gasteiger partial charge in [0.1, 0.15) is 5.82 Å². The number of hydrogen-bond donors (Lipinski definition) is 1. The molecule has 2 aromatic rings. The van der Waals surface area contributed by atoms with E-state index in [9.17, 15) is 31.1 Å². The minimum atomic E-state index is -4.74. The van der Waals surface area contributed by atoms with Crippen LogP contribution in [0.4, 0.5) is 26.3 Å². The first-order valence-corrected chi connectivity index (χ1v) is 10.1. The largest absolute Gasteiger partial charge is 0.451 e. The maximum atomic E-state index is 13.6. The molecule has 13 heteroatoms. The molecule has 32 heavy (non-hydrogen) atoms. The fraction of sp³-hybridized carbons (Fsp3) is 0.421. The number of benzene rings is 1. The summed E-state index contributed by atoms with van der Waals surface area (Å²) in [5.41, 5.74) is 0.00199. The van der Waals surface area contributed by atoms with Crippen molar-refractivity contribution >= 4 is 29.1 Å². The van der Waals surface area contributed by atoms with Crippen LogP contribution < -0.4 is 5.32 Å². The van der Waals surface area contributed by atoms with Crippen LogP contribution >= 0.6 is 23.2 Å². The second kappa shape index (κ2) is 9.40. The Morgan fingerprint density at radius 2 is 1.66 bits per heavy atom. The summed E-state index contributed by atoms with van der Waals surface area (Å²) in [6.07, 6.45) is -3.76. The molecule has 0 spiro atoms. The Morgan fingerprint density at radius 3 is 2.16 bits per heavy atom. The molecule has 0 bridgehead atoms. The number of rotatable bonds is 5. The Morgan fingerprint density at radius 1 is 1.12 bits per heavy atom. The van der Waals surface area contributed by atoms with Crippen molar-refractivity contribution in [3.63, 3.8) is 0 Å². The molecule has 2 heterocycles. The number of piperidine rings is 1. The first kappa shape index (κ1) is 24.5. The molecule has 1 amide bonds. The highest BCUT2D eigenvalue weighted by Crippen LogP contribution is 2.33. The van der Waals surface area contributed by atoms with E-state index in [0.717, 1.165) is 24.5 Å². The van der Waals surface area contributed by atoms with Crippen LogP contribution in [0.5, 0.6) is 0 Å². The molecule has 0 saturated carbocycles. The molecule has 1 aliphatic rings. The number of carbonyl (C=O) groups is 1. The van der Waals surface area contributed by atoms with Gasteiger partial charge in [-0.05, 0) is 12.1 Å². The van der Waals surface area contributed by atoms with E-state index < -0.39 is 48.5 Å². The molecular formula is C19H16Cl2F6N4O. The number of alkyl halides is 5. The Hall–Kier alpha value is -2.11. The highest BCUT2D eigenvalue weighted by atomic mass is 35.5. The van der Waals surface area contributed by atoms with Gasteiger partial charge in [0.15, 0.2) is 0 Å². The van der Waals surface area contributed by atoms with Crippen LogP contribution in [-0.2, 0) is 6.18 Å². The normalized spacial score (nSPS) is 17.8. The van der Waals surface area contributed by atoms with Crippen LogP contribution in [-0.4, -0.2) is 46.3 Å². The molecule has 1 atom stereocenters. The number of likely N-dealkylation sites (tertiary alicyclic amines) is 1. The number of carbonyl (C=O) groups excluding carboxylic acids is 1. The third-order valence-electron chi connectivity index (χ3n) is 4.97. The van der Waals surface area contributed by atoms with E-state index in [-0.39, 0.29) is 40.8 Å². The summed E-state index contributed by atoms with van der Waals surface area (Å²) in [7, 11) is 0. The molecule has 174 valence electrons. The van der Waals surface area contributed by atoms with Crippen molar-refractivity contribution in [2.24, 2.45) is 0 Å². The number of nitrogens with zero attached hydrogens (tertiary/aromatic N) is 3. The Labute approximate surface area is 188 Å². The zero-order valence-electron chi connectivity index (χ0n) is 16.2. The molecule has 1 aliphatic heterocycles. The molecule has 0 radical (unpaired) electrons. The highest BCUT2D eigenvalue weighted by Gasteiger charge is 2.38. The van der Waals surface area contributed by atoms with E-state index in [1.54, 1.807) is 4.90 Å². The van der Waals surface area contributed by atoms with Crippen molar-refractivity contribution in [1.82, 2.24) is 20.2 Å². The standard InChI is InChI=1S/C19H16Cl2F6N4O/c20-12-5-11(22)6-13(21)15(12)16(32)28-9-14(31-3-1-18(23,24)2-4-31)10-7-29-17(30-8-10)19(25,26)27/h5-8,14H,1-4,9H2,(H,28,32). The lowest BCUT2D eigenvalue weighted by Crippen LogP contribution is -2.45. The summed E-state index contributed by atoms with van der Waals surface area (Å²) in [5.74, 6) is -5.71. The lowest BCUT2D eigenvalue weighted by atomic mass is 10.0. The number of amides is 1. The fourth-order valence-corrected chi connectivity index (χ4v) is 3.95. The summed E-state index contributed by atoms with van der Waals surface area (Å²) in [5, 5.41) is 2.05. The highest BCUT2D eigenvalue weighted by molar-refractivity contribution is 6.39. The zero-order chi connectivity index (χ0) is 23.7. The quantitative estimate of drug-likeness (QED) is 0.577. The van der Waals surface area contributed by atoms with Gasteiger partial charge < -0.3 is 5.32 Å². The molecule has 3 rings (SSSR count). The van der Waals surface area contributed by atoms with Crippen molar-refractivity contribution in [2.45, 2.75) is 31.0 Å². The molecule has 5 nitrogen and oxygen atoms in total. The molecule has 1 saturated heterocycles. The number of halogens is 8. The van der Waals surface area contributed by atoms with Crippen LogP contribution in [0.1, 0.15) is 40.6 Å². The van der Waals surface area contributed by atoms with E-state index in [0.29, 0.717) is 0 Å². The van der Waals surface area contributed by atoms with Crippen LogP contribution in [0.15, 0.2) is 24.5 Å². The van der Waals surface area contributed by atoms with Crippen LogP contribution in [0.2, 0.25) is 10.0 Å². The van der Waals surface area contributed by atoms with E-state index in [2.05, 4.69) is 15.3 Å². The maximum absolute atomic E-state index is 13.6. The number of hydrogen-bond acceptors (Lipinski definition) is 4. The van der Waals surface area contributed by atoms with Gasteiger partial charge in [0.25, 0.3) is 11.8 Å². The fourth-order valence-electron chi connectivity index (χ4n) is 3.31. The first-order chi connectivity index (χ1) is 14.9. The van der Waals surface area contributed by atoms with Gasteiger partial charge in [-0.25, -0.2) is 23.1 Å². The van der Waals surface area contributed by atoms with E-state index in [4.69, 9.17) is 23.2 Å². The summed E-state index contributed by atoms with van der Waals surface area (Å²) in [6.45, 7) is -0.317. The molecule has 1 aromatic heterocycles.